The zero-order valence-electron chi connectivity index (χ0n) is 18.0. The number of aryl methyl sites for hydroxylation is 1. The molecule has 0 saturated carbocycles. The number of carbonyl (C=O) groups is 1. The summed E-state index contributed by atoms with van der Waals surface area (Å²) in [5, 5.41) is 2.96. The topological polar surface area (TPSA) is 69.7 Å². The van der Waals surface area contributed by atoms with E-state index in [9.17, 15) is 13.2 Å². The molecule has 0 fully saturated rings. The smallest absolute Gasteiger partial charge is 0.251 e. The van der Waals surface area contributed by atoms with Crippen LogP contribution in [0.3, 0.4) is 0 Å². The summed E-state index contributed by atoms with van der Waals surface area (Å²) >= 11 is 0. The molecular weight excluding hydrogens is 398 g/mol. The molecule has 0 aliphatic carbocycles. The van der Waals surface area contributed by atoms with Crippen LogP contribution >= 0.6 is 0 Å². The molecule has 0 unspecified atom stereocenters. The first-order chi connectivity index (χ1) is 14.4. The number of fused-ring (bicyclic) bond motifs is 1. The lowest BCUT2D eigenvalue weighted by Gasteiger charge is -2.28. The lowest BCUT2D eigenvalue weighted by molar-refractivity contribution is 0.0946. The predicted molar refractivity (Wildman–Crippen MR) is 119 cm³/mol. The summed E-state index contributed by atoms with van der Waals surface area (Å²) < 4.78 is 27.0. The summed E-state index contributed by atoms with van der Waals surface area (Å²) in [6.07, 6.45) is 1.02. The molecule has 1 aliphatic rings. The Labute approximate surface area is 179 Å². The van der Waals surface area contributed by atoms with Crippen LogP contribution in [0, 0.1) is 6.92 Å². The molecule has 162 valence electrons. The Morgan fingerprint density at radius 3 is 2.50 bits per heavy atom. The van der Waals surface area contributed by atoms with Crippen LogP contribution in [0.25, 0.3) is 0 Å². The van der Waals surface area contributed by atoms with Crippen molar-refractivity contribution in [2.75, 3.05) is 32.7 Å². The first kappa shape index (κ1) is 22.5. The summed E-state index contributed by atoms with van der Waals surface area (Å²) in [5.74, 6) is -0.235. The molecule has 2 aromatic carbocycles. The van der Waals surface area contributed by atoms with Gasteiger partial charge in [0.2, 0.25) is 10.0 Å². The minimum Gasteiger partial charge on any atom is -0.351 e. The summed E-state index contributed by atoms with van der Waals surface area (Å²) in [5.41, 5.74) is 3.92. The fourth-order valence-corrected chi connectivity index (χ4v) is 5.37. The number of amides is 1. The Morgan fingerprint density at radius 1 is 1.10 bits per heavy atom. The number of nitrogens with one attached hydrogen (secondary N) is 1. The van der Waals surface area contributed by atoms with Gasteiger partial charge in [0.05, 0.1) is 4.90 Å². The van der Waals surface area contributed by atoms with Crippen LogP contribution < -0.4 is 5.32 Å². The molecule has 2 aromatic rings. The molecule has 1 amide bonds. The normalized spacial score (nSPS) is 14.5. The van der Waals surface area contributed by atoms with Gasteiger partial charge in [0, 0.05) is 44.8 Å². The van der Waals surface area contributed by atoms with E-state index in [0.717, 1.165) is 31.6 Å². The van der Waals surface area contributed by atoms with Crippen LogP contribution in [-0.4, -0.2) is 56.3 Å². The summed E-state index contributed by atoms with van der Waals surface area (Å²) in [6.45, 7) is 9.38. The SMILES string of the molecule is CCN(CC)S(=O)(=O)c1ccc(C)c(C(=O)NCCN2CCc3ccccc3C2)c1. The van der Waals surface area contributed by atoms with Gasteiger partial charge < -0.3 is 5.32 Å². The number of nitrogens with zero attached hydrogens (tertiary/aromatic N) is 2. The molecule has 7 heteroatoms. The molecule has 0 aromatic heterocycles. The zero-order chi connectivity index (χ0) is 21.7. The van der Waals surface area contributed by atoms with E-state index in [2.05, 4.69) is 34.5 Å². The van der Waals surface area contributed by atoms with Gasteiger partial charge in [0.25, 0.3) is 5.91 Å². The molecule has 3 rings (SSSR count). The maximum absolute atomic E-state index is 12.8. The fraction of sp³-hybridized carbons (Fsp3) is 0.435. The highest BCUT2D eigenvalue weighted by molar-refractivity contribution is 7.89. The summed E-state index contributed by atoms with van der Waals surface area (Å²) in [6, 6.07) is 13.2. The summed E-state index contributed by atoms with van der Waals surface area (Å²) in [7, 11) is -3.59. The van der Waals surface area contributed by atoms with Crippen molar-refractivity contribution in [1.82, 2.24) is 14.5 Å². The van der Waals surface area contributed by atoms with Crippen molar-refractivity contribution in [1.29, 1.82) is 0 Å². The van der Waals surface area contributed by atoms with E-state index in [4.69, 9.17) is 0 Å². The van der Waals surface area contributed by atoms with E-state index >= 15 is 0 Å². The van der Waals surface area contributed by atoms with Crippen molar-refractivity contribution in [3.8, 4) is 0 Å². The average molecular weight is 430 g/mol. The van der Waals surface area contributed by atoms with E-state index in [-0.39, 0.29) is 10.8 Å². The van der Waals surface area contributed by atoms with Gasteiger partial charge in [-0.3, -0.25) is 9.69 Å². The van der Waals surface area contributed by atoms with Crippen LogP contribution in [0.5, 0.6) is 0 Å². The molecule has 6 nitrogen and oxygen atoms in total. The van der Waals surface area contributed by atoms with Crippen molar-refractivity contribution in [3.63, 3.8) is 0 Å². The van der Waals surface area contributed by atoms with Crippen LogP contribution in [0.15, 0.2) is 47.4 Å². The molecule has 30 heavy (non-hydrogen) atoms. The minimum absolute atomic E-state index is 0.162. The lowest BCUT2D eigenvalue weighted by Crippen LogP contribution is -2.38. The molecule has 1 N–H and O–H groups in total. The minimum atomic E-state index is -3.59. The Hall–Kier alpha value is -2.22. The highest BCUT2D eigenvalue weighted by Crippen LogP contribution is 2.20. The molecule has 0 atom stereocenters. The van der Waals surface area contributed by atoms with Crippen molar-refractivity contribution in [2.45, 2.75) is 38.6 Å². The molecule has 0 spiro atoms. The van der Waals surface area contributed by atoms with Gasteiger partial charge in [0.15, 0.2) is 0 Å². The van der Waals surface area contributed by atoms with Crippen molar-refractivity contribution >= 4 is 15.9 Å². The molecule has 1 aliphatic heterocycles. The van der Waals surface area contributed by atoms with E-state index in [1.54, 1.807) is 12.1 Å². The van der Waals surface area contributed by atoms with Crippen LogP contribution in [0.1, 0.15) is 40.9 Å². The maximum atomic E-state index is 12.8. The van der Waals surface area contributed by atoms with Gasteiger partial charge >= 0.3 is 0 Å². The number of sulfonamides is 1. The van der Waals surface area contributed by atoms with Gasteiger partial charge in [0.1, 0.15) is 0 Å². The maximum Gasteiger partial charge on any atom is 0.251 e. The fourth-order valence-electron chi connectivity index (χ4n) is 3.89. The zero-order valence-corrected chi connectivity index (χ0v) is 18.8. The average Bonchev–Trinajstić information content (AvgIpc) is 2.74. The van der Waals surface area contributed by atoms with E-state index < -0.39 is 10.0 Å². The van der Waals surface area contributed by atoms with Gasteiger partial charge in [-0.1, -0.05) is 44.2 Å². The first-order valence-electron chi connectivity index (χ1n) is 10.5. The second kappa shape index (κ2) is 9.73. The van der Waals surface area contributed by atoms with Gasteiger partial charge in [-0.15, -0.1) is 0 Å². The van der Waals surface area contributed by atoms with Gasteiger partial charge in [-0.05, 0) is 42.2 Å². The van der Waals surface area contributed by atoms with E-state index in [1.165, 1.54) is 21.5 Å². The highest BCUT2D eigenvalue weighted by Gasteiger charge is 2.23. The number of benzene rings is 2. The van der Waals surface area contributed by atoms with Gasteiger partial charge in [-0.2, -0.15) is 4.31 Å². The van der Waals surface area contributed by atoms with Crippen molar-refractivity contribution < 1.29 is 13.2 Å². The second-order valence-corrected chi connectivity index (χ2v) is 9.55. The number of carbonyl (C=O) groups excluding carboxylic acids is 1. The first-order valence-corrected chi connectivity index (χ1v) is 12.0. The van der Waals surface area contributed by atoms with E-state index in [0.29, 0.717) is 25.2 Å². The predicted octanol–water partition coefficient (Wildman–Crippen LogP) is 2.81. The quantitative estimate of drug-likeness (QED) is 0.701. The van der Waals surface area contributed by atoms with Crippen LogP contribution in [0.2, 0.25) is 0 Å². The Kier molecular flexibility index (Phi) is 7.28. The van der Waals surface area contributed by atoms with Gasteiger partial charge in [-0.25, -0.2) is 8.42 Å². The second-order valence-electron chi connectivity index (χ2n) is 7.62. The van der Waals surface area contributed by atoms with Crippen LogP contribution in [0.4, 0.5) is 0 Å². The third-order valence-electron chi connectivity index (χ3n) is 5.72. The lowest BCUT2D eigenvalue weighted by atomic mass is 10.00. The van der Waals surface area contributed by atoms with Crippen LogP contribution in [-0.2, 0) is 23.0 Å². The summed E-state index contributed by atoms with van der Waals surface area (Å²) in [4.78, 5) is 15.2. The molecule has 1 heterocycles. The molecule has 0 radical (unpaired) electrons. The Bertz CT molecular complexity index is 1000. The Balaban J connectivity index is 1.63. The third kappa shape index (κ3) is 4.91. The van der Waals surface area contributed by atoms with Crippen molar-refractivity contribution in [2.24, 2.45) is 0 Å². The Morgan fingerprint density at radius 2 is 1.80 bits per heavy atom. The third-order valence-corrected chi connectivity index (χ3v) is 7.77. The number of rotatable bonds is 8. The number of hydrogen-bond donors (Lipinski definition) is 1. The molecule has 0 bridgehead atoms. The van der Waals surface area contributed by atoms with E-state index in [1.807, 2.05) is 20.8 Å². The molecule has 0 saturated heterocycles. The largest absolute Gasteiger partial charge is 0.351 e. The monoisotopic (exact) mass is 429 g/mol. The standard InChI is InChI=1S/C23H31N3O3S/c1-4-26(5-2)30(28,29)21-11-10-18(3)22(16-21)23(27)24-13-15-25-14-12-19-8-6-7-9-20(19)17-25/h6-11,16H,4-5,12-15,17H2,1-3H3,(H,24,27). The van der Waals surface area contributed by atoms with Crippen molar-refractivity contribution in [3.05, 3.63) is 64.7 Å². The highest BCUT2D eigenvalue weighted by atomic mass is 32.2. The number of hydrogen-bond acceptors (Lipinski definition) is 4. The molecular formula is C23H31N3O3S.